The van der Waals surface area contributed by atoms with Gasteiger partial charge in [0.25, 0.3) is 5.69 Å². The molecular weight excluding hydrogens is 332 g/mol. The number of esters is 1. The fraction of sp³-hybridized carbons (Fsp3) is 0.438. The maximum Gasteiger partial charge on any atom is 0.325 e. The standard InChI is InChI=1S/C16H20N2O7/c1-17(10-16(21)24-2)15(20)5-3-4-8-25-13-7-6-12(11-19)14(9-13)18(22)23/h6-7,9,11H,3-5,8,10H2,1-2H3. The molecular formula is C16H20N2O7. The molecule has 0 saturated carbocycles. The third-order valence-electron chi connectivity index (χ3n) is 3.40. The highest BCUT2D eigenvalue weighted by molar-refractivity contribution is 5.82. The number of methoxy groups -OCH3 is 1. The third-order valence-corrected chi connectivity index (χ3v) is 3.40. The van der Waals surface area contributed by atoms with E-state index in [0.29, 0.717) is 19.1 Å². The summed E-state index contributed by atoms with van der Waals surface area (Å²) in [5.74, 6) is -0.387. The van der Waals surface area contributed by atoms with Gasteiger partial charge in [-0.1, -0.05) is 0 Å². The molecule has 0 bridgehead atoms. The van der Waals surface area contributed by atoms with Crippen molar-refractivity contribution in [3.8, 4) is 5.75 Å². The maximum atomic E-state index is 11.8. The molecule has 0 aliphatic rings. The summed E-state index contributed by atoms with van der Waals surface area (Å²) in [6.07, 6.45) is 1.76. The summed E-state index contributed by atoms with van der Waals surface area (Å²) in [5.41, 5.74) is -0.330. The zero-order valence-corrected chi connectivity index (χ0v) is 14.1. The van der Waals surface area contributed by atoms with Gasteiger partial charge in [-0.25, -0.2) is 0 Å². The van der Waals surface area contributed by atoms with E-state index < -0.39 is 10.9 Å². The molecule has 0 radical (unpaired) electrons. The normalized spacial score (nSPS) is 10.0. The molecule has 9 heteroatoms. The quantitative estimate of drug-likeness (QED) is 0.206. The number of benzene rings is 1. The van der Waals surface area contributed by atoms with E-state index in [2.05, 4.69) is 4.74 Å². The van der Waals surface area contributed by atoms with Gasteiger partial charge in [-0.2, -0.15) is 0 Å². The molecule has 1 aromatic carbocycles. The first kappa shape index (κ1) is 20.1. The van der Waals surface area contributed by atoms with Gasteiger partial charge < -0.3 is 14.4 Å². The third kappa shape index (κ3) is 6.58. The van der Waals surface area contributed by atoms with Gasteiger partial charge in [0.15, 0.2) is 6.29 Å². The molecule has 0 saturated heterocycles. The average Bonchev–Trinajstić information content (AvgIpc) is 2.60. The van der Waals surface area contributed by atoms with Crippen molar-refractivity contribution in [2.45, 2.75) is 19.3 Å². The molecule has 136 valence electrons. The molecule has 0 aliphatic carbocycles. The molecule has 0 atom stereocenters. The smallest absolute Gasteiger partial charge is 0.325 e. The van der Waals surface area contributed by atoms with E-state index in [1.807, 2.05) is 0 Å². The van der Waals surface area contributed by atoms with Gasteiger partial charge in [0.2, 0.25) is 5.91 Å². The number of hydrogen-bond donors (Lipinski definition) is 0. The topological polar surface area (TPSA) is 116 Å². The molecule has 0 spiro atoms. The van der Waals surface area contributed by atoms with Gasteiger partial charge in [-0.15, -0.1) is 0 Å². The van der Waals surface area contributed by atoms with Crippen LogP contribution in [0.2, 0.25) is 0 Å². The van der Waals surface area contributed by atoms with E-state index in [0.717, 1.165) is 0 Å². The van der Waals surface area contributed by atoms with E-state index in [-0.39, 0.29) is 42.5 Å². The number of carbonyl (C=O) groups is 3. The number of nitro groups is 1. The van der Waals surface area contributed by atoms with Crippen LogP contribution in [0.4, 0.5) is 5.69 Å². The second-order valence-electron chi connectivity index (χ2n) is 5.23. The predicted molar refractivity (Wildman–Crippen MR) is 87.5 cm³/mol. The summed E-state index contributed by atoms with van der Waals surface area (Å²) in [6.45, 7) is 0.171. The molecule has 0 aliphatic heterocycles. The molecule has 1 amide bonds. The highest BCUT2D eigenvalue weighted by Crippen LogP contribution is 2.23. The highest BCUT2D eigenvalue weighted by atomic mass is 16.6. The van der Waals surface area contributed by atoms with Gasteiger partial charge in [0.05, 0.1) is 30.3 Å². The van der Waals surface area contributed by atoms with E-state index in [4.69, 9.17) is 4.74 Å². The maximum absolute atomic E-state index is 11.8. The molecule has 0 aromatic heterocycles. The van der Waals surface area contributed by atoms with Crippen molar-refractivity contribution in [2.24, 2.45) is 0 Å². The van der Waals surface area contributed by atoms with Crippen molar-refractivity contribution in [1.29, 1.82) is 0 Å². The Morgan fingerprint density at radius 3 is 2.64 bits per heavy atom. The minimum atomic E-state index is -0.646. The zero-order chi connectivity index (χ0) is 18.8. The number of likely N-dealkylation sites (N-methyl/N-ethyl adjacent to an activating group) is 1. The summed E-state index contributed by atoms with van der Waals surface area (Å²) >= 11 is 0. The Balaban J connectivity index is 2.37. The van der Waals surface area contributed by atoms with E-state index in [1.165, 1.54) is 37.3 Å². The molecule has 0 fully saturated rings. The van der Waals surface area contributed by atoms with Crippen LogP contribution in [0.5, 0.6) is 5.75 Å². The number of ether oxygens (including phenoxy) is 2. The van der Waals surface area contributed by atoms with Gasteiger partial charge in [0, 0.05) is 13.5 Å². The van der Waals surface area contributed by atoms with Gasteiger partial charge in [0.1, 0.15) is 12.3 Å². The van der Waals surface area contributed by atoms with E-state index in [9.17, 15) is 24.5 Å². The fourth-order valence-electron chi connectivity index (χ4n) is 1.98. The lowest BCUT2D eigenvalue weighted by atomic mass is 10.2. The largest absolute Gasteiger partial charge is 0.493 e. The first-order chi connectivity index (χ1) is 11.9. The van der Waals surface area contributed by atoms with Crippen molar-refractivity contribution in [2.75, 3.05) is 27.3 Å². The first-order valence-electron chi connectivity index (χ1n) is 7.56. The highest BCUT2D eigenvalue weighted by Gasteiger charge is 2.15. The van der Waals surface area contributed by atoms with Crippen molar-refractivity contribution in [3.63, 3.8) is 0 Å². The van der Waals surface area contributed by atoms with Crippen LogP contribution in [-0.2, 0) is 14.3 Å². The molecule has 25 heavy (non-hydrogen) atoms. The molecule has 1 aromatic rings. The molecule has 0 unspecified atom stereocenters. The van der Waals surface area contributed by atoms with Crippen LogP contribution in [-0.4, -0.2) is 55.3 Å². The van der Waals surface area contributed by atoms with Crippen molar-refractivity contribution < 1.29 is 28.8 Å². The van der Waals surface area contributed by atoms with Crippen LogP contribution in [0, 0.1) is 10.1 Å². The Morgan fingerprint density at radius 2 is 2.04 bits per heavy atom. The minimum absolute atomic E-state index is 0.0170. The van der Waals surface area contributed by atoms with Crippen molar-refractivity contribution in [1.82, 2.24) is 4.90 Å². The van der Waals surface area contributed by atoms with Crippen molar-refractivity contribution >= 4 is 23.9 Å². The number of aldehydes is 1. The number of carbonyl (C=O) groups excluding carboxylic acids is 3. The lowest BCUT2D eigenvalue weighted by Crippen LogP contribution is -2.32. The van der Waals surface area contributed by atoms with Gasteiger partial charge in [-0.05, 0) is 25.0 Å². The summed E-state index contributed by atoms with van der Waals surface area (Å²) in [5, 5.41) is 10.9. The van der Waals surface area contributed by atoms with E-state index >= 15 is 0 Å². The van der Waals surface area contributed by atoms with Gasteiger partial charge >= 0.3 is 5.97 Å². The van der Waals surface area contributed by atoms with E-state index in [1.54, 1.807) is 0 Å². The Hall–Kier alpha value is -2.97. The summed E-state index contributed by atoms with van der Waals surface area (Å²) < 4.78 is 9.88. The van der Waals surface area contributed by atoms with Crippen molar-refractivity contribution in [3.05, 3.63) is 33.9 Å². The molecule has 9 nitrogen and oxygen atoms in total. The molecule has 0 heterocycles. The molecule has 1 rings (SSSR count). The number of unbranched alkanes of at least 4 members (excludes halogenated alkanes) is 1. The Bertz CT molecular complexity index is 645. The lowest BCUT2D eigenvalue weighted by molar-refractivity contribution is -0.385. The second kappa shape index (κ2) is 10.0. The van der Waals surface area contributed by atoms with Crippen LogP contribution in [0.15, 0.2) is 18.2 Å². The SMILES string of the molecule is COC(=O)CN(C)C(=O)CCCCOc1ccc(C=O)c([N+](=O)[O-])c1. The Labute approximate surface area is 144 Å². The Kier molecular flexibility index (Phi) is 8.04. The van der Waals surface area contributed by atoms with Crippen LogP contribution < -0.4 is 4.74 Å². The summed E-state index contributed by atoms with van der Waals surface area (Å²) in [4.78, 5) is 45.1. The van der Waals surface area contributed by atoms with Crippen LogP contribution in [0.25, 0.3) is 0 Å². The second-order valence-corrected chi connectivity index (χ2v) is 5.23. The number of amides is 1. The monoisotopic (exact) mass is 352 g/mol. The predicted octanol–water partition coefficient (Wildman–Crippen LogP) is 1.59. The Morgan fingerprint density at radius 1 is 1.32 bits per heavy atom. The van der Waals surface area contributed by atoms with Crippen LogP contribution in [0.3, 0.4) is 0 Å². The van der Waals surface area contributed by atoms with Crippen LogP contribution in [0.1, 0.15) is 29.6 Å². The zero-order valence-electron chi connectivity index (χ0n) is 14.1. The number of nitro benzene ring substituents is 1. The lowest BCUT2D eigenvalue weighted by Gasteiger charge is -2.15. The van der Waals surface area contributed by atoms with Gasteiger partial charge in [-0.3, -0.25) is 24.5 Å². The average molecular weight is 352 g/mol. The number of hydrogen-bond acceptors (Lipinski definition) is 7. The number of nitrogens with zero attached hydrogens (tertiary/aromatic N) is 2. The first-order valence-corrected chi connectivity index (χ1v) is 7.56. The summed E-state index contributed by atoms with van der Waals surface area (Å²) in [7, 11) is 2.77. The fourth-order valence-corrected chi connectivity index (χ4v) is 1.98. The van der Waals surface area contributed by atoms with Crippen LogP contribution >= 0.6 is 0 Å². The summed E-state index contributed by atoms with van der Waals surface area (Å²) in [6, 6.07) is 4.00. The number of rotatable bonds is 10. The molecule has 0 N–H and O–H groups in total. The minimum Gasteiger partial charge on any atom is -0.493 e.